The predicted octanol–water partition coefficient (Wildman–Crippen LogP) is 4.28. The van der Waals surface area contributed by atoms with Crippen molar-refractivity contribution < 1.29 is 31.7 Å². The zero-order chi connectivity index (χ0) is 31.6. The number of rotatable bonds is 10. The number of amides is 3. The molecule has 4 aromatic rings. The minimum Gasteiger partial charge on any atom is -0.445 e. The maximum Gasteiger partial charge on any atom is 0.408 e. The van der Waals surface area contributed by atoms with Crippen molar-refractivity contribution in [3.8, 4) is 5.75 Å². The van der Waals surface area contributed by atoms with Crippen LogP contribution in [0.3, 0.4) is 0 Å². The molecular weight excluding hydrogens is 594 g/mol. The lowest BCUT2D eigenvalue weighted by molar-refractivity contribution is -0.134. The molecule has 11 heteroatoms. The highest BCUT2D eigenvalue weighted by atomic mass is 32.2. The average Bonchev–Trinajstić information content (AvgIpc) is 3.08. The van der Waals surface area contributed by atoms with Crippen LogP contribution in [0.15, 0.2) is 120 Å². The summed E-state index contributed by atoms with van der Waals surface area (Å²) in [5.41, 5.74) is 2.05. The van der Waals surface area contributed by atoms with Crippen molar-refractivity contribution in [2.75, 3.05) is 26.2 Å². The Kier molecular flexibility index (Phi) is 10.1. The largest absolute Gasteiger partial charge is 0.445 e. The number of nitrogens with one attached hydrogen (secondary N) is 1. The van der Waals surface area contributed by atoms with Crippen molar-refractivity contribution in [3.63, 3.8) is 0 Å². The van der Waals surface area contributed by atoms with Gasteiger partial charge in [-0.25, -0.2) is 4.79 Å². The molecule has 232 valence electrons. The maximum atomic E-state index is 13.7. The van der Waals surface area contributed by atoms with E-state index in [9.17, 15) is 22.8 Å². The van der Waals surface area contributed by atoms with Crippen molar-refractivity contribution in [3.05, 3.63) is 132 Å². The number of ether oxygens (including phenoxy) is 1. The molecule has 0 unspecified atom stereocenters. The van der Waals surface area contributed by atoms with Crippen LogP contribution in [-0.2, 0) is 32.7 Å². The molecule has 1 N–H and O–H groups in total. The summed E-state index contributed by atoms with van der Waals surface area (Å²) in [6, 6.07) is 31.3. The number of hydrogen-bond acceptors (Lipinski definition) is 7. The van der Waals surface area contributed by atoms with Gasteiger partial charge in [0.1, 0.15) is 23.3 Å². The summed E-state index contributed by atoms with van der Waals surface area (Å²) < 4.78 is 35.9. The Hall–Kier alpha value is -5.16. The van der Waals surface area contributed by atoms with Gasteiger partial charge in [-0.3, -0.25) is 9.59 Å². The van der Waals surface area contributed by atoms with Gasteiger partial charge < -0.3 is 24.0 Å². The van der Waals surface area contributed by atoms with Gasteiger partial charge in [-0.2, -0.15) is 8.42 Å². The van der Waals surface area contributed by atoms with Crippen LogP contribution in [0.5, 0.6) is 5.75 Å². The summed E-state index contributed by atoms with van der Waals surface area (Å²) in [5.74, 6) is -0.302. The lowest BCUT2D eigenvalue weighted by atomic mass is 10.0. The van der Waals surface area contributed by atoms with Crippen LogP contribution >= 0.6 is 0 Å². The van der Waals surface area contributed by atoms with Crippen molar-refractivity contribution in [1.29, 1.82) is 0 Å². The molecule has 1 heterocycles. The summed E-state index contributed by atoms with van der Waals surface area (Å²) in [5, 5.41) is 2.71. The molecule has 1 saturated heterocycles. The van der Waals surface area contributed by atoms with Crippen LogP contribution in [0.25, 0.3) is 0 Å². The third-order valence-electron chi connectivity index (χ3n) is 7.30. The first-order valence-corrected chi connectivity index (χ1v) is 15.9. The topological polar surface area (TPSA) is 122 Å². The molecular formula is C34H33N3O7S. The molecule has 5 rings (SSSR count). The fourth-order valence-electron chi connectivity index (χ4n) is 4.90. The normalized spacial score (nSPS) is 13.9. The quantitative estimate of drug-likeness (QED) is 0.261. The smallest absolute Gasteiger partial charge is 0.408 e. The molecule has 10 nitrogen and oxygen atoms in total. The first kappa shape index (κ1) is 31.3. The van der Waals surface area contributed by atoms with E-state index in [1.165, 1.54) is 24.3 Å². The van der Waals surface area contributed by atoms with E-state index in [4.69, 9.17) is 8.92 Å². The second-order valence-electron chi connectivity index (χ2n) is 10.4. The molecule has 0 aromatic heterocycles. The average molecular weight is 628 g/mol. The lowest BCUT2D eigenvalue weighted by Gasteiger charge is -2.36. The van der Waals surface area contributed by atoms with Crippen LogP contribution in [0.2, 0.25) is 0 Å². The molecule has 45 heavy (non-hydrogen) atoms. The molecule has 4 aromatic carbocycles. The molecule has 3 amide bonds. The minimum absolute atomic E-state index is 0.0310. The molecule has 1 fully saturated rings. The zero-order valence-electron chi connectivity index (χ0n) is 24.5. The highest BCUT2D eigenvalue weighted by Crippen LogP contribution is 2.20. The van der Waals surface area contributed by atoms with E-state index in [-0.39, 0.29) is 35.5 Å². The summed E-state index contributed by atoms with van der Waals surface area (Å²) >= 11 is 0. The van der Waals surface area contributed by atoms with E-state index in [2.05, 4.69) is 5.32 Å². The summed E-state index contributed by atoms with van der Waals surface area (Å²) in [4.78, 5) is 42.8. The molecule has 0 bridgehead atoms. The number of carbonyl (C=O) groups excluding carboxylic acids is 3. The van der Waals surface area contributed by atoms with Gasteiger partial charge in [0.2, 0.25) is 5.91 Å². The van der Waals surface area contributed by atoms with Crippen LogP contribution in [0.4, 0.5) is 4.79 Å². The number of benzene rings is 4. The van der Waals surface area contributed by atoms with Gasteiger partial charge in [-0.05, 0) is 47.5 Å². The molecule has 0 spiro atoms. The van der Waals surface area contributed by atoms with Gasteiger partial charge in [0.05, 0.1) is 0 Å². The van der Waals surface area contributed by atoms with Crippen molar-refractivity contribution in [2.45, 2.75) is 24.0 Å². The molecule has 1 aliphatic heterocycles. The van der Waals surface area contributed by atoms with Crippen LogP contribution in [-0.4, -0.2) is 68.3 Å². The highest BCUT2D eigenvalue weighted by molar-refractivity contribution is 7.87. The Morgan fingerprint density at radius 1 is 0.689 bits per heavy atom. The van der Waals surface area contributed by atoms with Gasteiger partial charge >= 0.3 is 16.2 Å². The maximum absolute atomic E-state index is 13.7. The second-order valence-corrected chi connectivity index (χ2v) is 12.0. The van der Waals surface area contributed by atoms with Crippen molar-refractivity contribution in [1.82, 2.24) is 15.1 Å². The molecule has 0 radical (unpaired) electrons. The van der Waals surface area contributed by atoms with E-state index in [1.54, 1.807) is 64.4 Å². The Bertz CT molecular complexity index is 1690. The number of carbonyl (C=O) groups is 3. The van der Waals surface area contributed by atoms with Crippen LogP contribution in [0, 0.1) is 0 Å². The van der Waals surface area contributed by atoms with E-state index in [0.29, 0.717) is 37.3 Å². The predicted molar refractivity (Wildman–Crippen MR) is 167 cm³/mol. The number of alkyl carbamates (subject to hydrolysis) is 1. The van der Waals surface area contributed by atoms with Crippen LogP contribution in [0.1, 0.15) is 21.5 Å². The lowest BCUT2D eigenvalue weighted by Crippen LogP contribution is -2.56. The van der Waals surface area contributed by atoms with Gasteiger partial charge in [0.25, 0.3) is 5.91 Å². The van der Waals surface area contributed by atoms with Crippen molar-refractivity contribution in [2.24, 2.45) is 0 Å². The van der Waals surface area contributed by atoms with Gasteiger partial charge in [0.15, 0.2) is 0 Å². The molecule has 1 atom stereocenters. The standard InChI is InChI=1S/C34H33N3O7S/c38-32(28-12-6-2-7-13-28)36-20-22-37(23-21-36)33(39)31(35-34(40)43-25-27-10-4-1-5-11-27)24-26-16-18-29(19-17-26)44-45(41,42)30-14-8-3-9-15-30/h1-19,31H,20-25H2,(H,35,40)/t31-/m0/s1. The van der Waals surface area contributed by atoms with E-state index < -0.39 is 22.3 Å². The van der Waals surface area contributed by atoms with Gasteiger partial charge in [0, 0.05) is 38.2 Å². The minimum atomic E-state index is -4.01. The number of hydrogen-bond donors (Lipinski definition) is 1. The Balaban J connectivity index is 1.25. The summed E-state index contributed by atoms with van der Waals surface area (Å²) in [7, 11) is -4.01. The third-order valence-corrected chi connectivity index (χ3v) is 8.56. The van der Waals surface area contributed by atoms with E-state index >= 15 is 0 Å². The highest BCUT2D eigenvalue weighted by Gasteiger charge is 2.31. The number of nitrogens with zero attached hydrogens (tertiary/aromatic N) is 2. The van der Waals surface area contributed by atoms with Gasteiger partial charge in [-0.15, -0.1) is 0 Å². The zero-order valence-corrected chi connectivity index (χ0v) is 25.3. The molecule has 1 aliphatic rings. The van der Waals surface area contributed by atoms with Crippen LogP contribution < -0.4 is 9.50 Å². The summed E-state index contributed by atoms with van der Waals surface area (Å²) in [6.45, 7) is 1.35. The Morgan fingerprint density at radius 2 is 1.24 bits per heavy atom. The Labute approximate surface area is 262 Å². The third kappa shape index (κ3) is 8.48. The van der Waals surface area contributed by atoms with E-state index in [0.717, 1.165) is 5.56 Å². The molecule has 0 saturated carbocycles. The summed E-state index contributed by atoms with van der Waals surface area (Å²) in [6.07, 6.45) is -0.627. The first-order valence-electron chi connectivity index (χ1n) is 14.5. The monoisotopic (exact) mass is 627 g/mol. The second kappa shape index (κ2) is 14.5. The Morgan fingerprint density at radius 3 is 1.87 bits per heavy atom. The fraction of sp³-hybridized carbons (Fsp3) is 0.206. The fourth-order valence-corrected chi connectivity index (χ4v) is 5.85. The van der Waals surface area contributed by atoms with E-state index in [1.807, 2.05) is 36.4 Å². The first-order chi connectivity index (χ1) is 21.8. The van der Waals surface area contributed by atoms with Crippen molar-refractivity contribution >= 4 is 28.0 Å². The SMILES string of the molecule is O=C(N[C@@H](Cc1ccc(OS(=O)(=O)c2ccccc2)cc1)C(=O)N1CCN(C(=O)c2ccccc2)CC1)OCc1ccccc1. The molecule has 0 aliphatic carbocycles. The van der Waals surface area contributed by atoms with Gasteiger partial charge in [-0.1, -0.05) is 78.9 Å². The number of piperazine rings is 1.